The number of piperidine rings is 1. The molecule has 0 amide bonds. The largest absolute Gasteiger partial charge is 0.268 e. The number of unbranched alkanes of at least 4 members (excludes halogenated alkanes) is 2. The first-order valence-electron chi connectivity index (χ1n) is 8.29. The molecule has 2 heterocycles. The molecule has 23 heavy (non-hydrogen) atoms. The van der Waals surface area contributed by atoms with E-state index in [4.69, 9.17) is 5.26 Å². The zero-order chi connectivity index (χ0) is 17.0. The number of sulfonamides is 1. The van der Waals surface area contributed by atoms with Crippen molar-refractivity contribution >= 4 is 10.0 Å². The van der Waals surface area contributed by atoms with Gasteiger partial charge in [-0.3, -0.25) is 4.68 Å². The van der Waals surface area contributed by atoms with Gasteiger partial charge < -0.3 is 0 Å². The van der Waals surface area contributed by atoms with Crippen LogP contribution in [-0.4, -0.2) is 35.6 Å². The van der Waals surface area contributed by atoms with E-state index in [1.807, 2.05) is 6.92 Å². The number of nitrogens with zero attached hydrogens (tertiary/aromatic N) is 4. The standard InChI is InChI=1S/C16H26N4O2S/c1-13-7-11-19(12-8-13)23(21,22)16-14(2)18-20(15(16)3)10-6-4-5-9-17/h13H,4-8,10-12H2,1-3H3. The molecule has 0 saturated carbocycles. The summed E-state index contributed by atoms with van der Waals surface area (Å²) in [5.74, 6) is 0.589. The molecule has 0 spiro atoms. The summed E-state index contributed by atoms with van der Waals surface area (Å²) in [6.45, 7) is 7.59. The van der Waals surface area contributed by atoms with Gasteiger partial charge in [-0.2, -0.15) is 14.7 Å². The average Bonchev–Trinajstić information content (AvgIpc) is 2.79. The van der Waals surface area contributed by atoms with Crippen molar-refractivity contribution < 1.29 is 8.42 Å². The fourth-order valence-corrected chi connectivity index (χ4v) is 4.93. The first-order valence-corrected chi connectivity index (χ1v) is 9.73. The van der Waals surface area contributed by atoms with Crippen molar-refractivity contribution in [2.45, 2.75) is 64.3 Å². The quantitative estimate of drug-likeness (QED) is 0.747. The van der Waals surface area contributed by atoms with Crippen LogP contribution < -0.4 is 0 Å². The third-order valence-electron chi connectivity index (χ3n) is 4.56. The number of nitriles is 1. The molecular formula is C16H26N4O2S. The van der Waals surface area contributed by atoms with Crippen LogP contribution in [0.2, 0.25) is 0 Å². The molecule has 1 saturated heterocycles. The van der Waals surface area contributed by atoms with E-state index in [2.05, 4.69) is 18.1 Å². The SMILES string of the molecule is Cc1nn(CCCCC#N)c(C)c1S(=O)(=O)N1CCC(C)CC1. The Morgan fingerprint density at radius 3 is 2.52 bits per heavy atom. The summed E-state index contributed by atoms with van der Waals surface area (Å²) in [4.78, 5) is 0.368. The predicted molar refractivity (Wildman–Crippen MR) is 88.3 cm³/mol. The average molecular weight is 338 g/mol. The fraction of sp³-hybridized carbons (Fsp3) is 0.750. The minimum absolute atomic E-state index is 0.368. The minimum Gasteiger partial charge on any atom is -0.268 e. The number of aromatic nitrogens is 2. The Morgan fingerprint density at radius 2 is 1.91 bits per heavy atom. The summed E-state index contributed by atoms with van der Waals surface area (Å²) in [5, 5.41) is 13.0. The van der Waals surface area contributed by atoms with E-state index in [-0.39, 0.29) is 0 Å². The summed E-state index contributed by atoms with van der Waals surface area (Å²) in [5.41, 5.74) is 1.28. The van der Waals surface area contributed by atoms with Crippen molar-refractivity contribution in [3.05, 3.63) is 11.4 Å². The third kappa shape index (κ3) is 3.93. The van der Waals surface area contributed by atoms with Gasteiger partial charge in [0, 0.05) is 26.1 Å². The van der Waals surface area contributed by atoms with Crippen LogP contribution in [0.15, 0.2) is 4.90 Å². The number of hydrogen-bond acceptors (Lipinski definition) is 4. The lowest BCUT2D eigenvalue weighted by molar-refractivity contribution is 0.288. The van der Waals surface area contributed by atoms with Gasteiger partial charge in [0.25, 0.3) is 0 Å². The van der Waals surface area contributed by atoms with Crippen LogP contribution in [0.3, 0.4) is 0 Å². The third-order valence-corrected chi connectivity index (χ3v) is 6.72. The van der Waals surface area contributed by atoms with Gasteiger partial charge in [0.1, 0.15) is 4.90 Å². The second-order valence-electron chi connectivity index (χ2n) is 6.42. The molecule has 2 rings (SSSR count). The van der Waals surface area contributed by atoms with Gasteiger partial charge in [-0.25, -0.2) is 8.42 Å². The van der Waals surface area contributed by atoms with Gasteiger partial charge in [-0.15, -0.1) is 0 Å². The Morgan fingerprint density at radius 1 is 1.26 bits per heavy atom. The minimum atomic E-state index is -3.46. The zero-order valence-electron chi connectivity index (χ0n) is 14.2. The van der Waals surface area contributed by atoms with Gasteiger partial charge in [0.2, 0.25) is 10.0 Å². The number of hydrogen-bond donors (Lipinski definition) is 0. The topological polar surface area (TPSA) is 79.0 Å². The fourth-order valence-electron chi connectivity index (χ4n) is 3.09. The van der Waals surface area contributed by atoms with E-state index in [0.717, 1.165) is 25.7 Å². The number of rotatable bonds is 6. The van der Waals surface area contributed by atoms with Crippen LogP contribution in [0.4, 0.5) is 0 Å². The molecule has 1 aromatic heterocycles. The van der Waals surface area contributed by atoms with Crippen LogP contribution in [0.25, 0.3) is 0 Å². The van der Waals surface area contributed by atoms with Gasteiger partial charge in [-0.1, -0.05) is 6.92 Å². The molecule has 1 fully saturated rings. The van der Waals surface area contributed by atoms with E-state index in [1.165, 1.54) is 0 Å². The Hall–Kier alpha value is -1.39. The molecule has 0 bridgehead atoms. The highest BCUT2D eigenvalue weighted by molar-refractivity contribution is 7.89. The first kappa shape index (κ1) is 18.0. The molecule has 0 N–H and O–H groups in total. The Labute approximate surface area is 139 Å². The summed E-state index contributed by atoms with van der Waals surface area (Å²) in [6, 6.07) is 2.12. The molecule has 1 aliphatic rings. The molecule has 0 unspecified atom stereocenters. The lowest BCUT2D eigenvalue weighted by Gasteiger charge is -2.29. The Bertz CT molecular complexity index is 680. The van der Waals surface area contributed by atoms with Crippen molar-refractivity contribution in [2.75, 3.05) is 13.1 Å². The maximum atomic E-state index is 13.0. The van der Waals surface area contributed by atoms with Crippen molar-refractivity contribution in [3.63, 3.8) is 0 Å². The van der Waals surface area contributed by atoms with Crippen LogP contribution in [0, 0.1) is 31.1 Å². The van der Waals surface area contributed by atoms with E-state index < -0.39 is 10.0 Å². The second-order valence-corrected chi connectivity index (χ2v) is 8.30. The molecule has 7 heteroatoms. The van der Waals surface area contributed by atoms with E-state index in [1.54, 1.807) is 15.9 Å². The van der Waals surface area contributed by atoms with Crippen LogP contribution in [0.1, 0.15) is 50.4 Å². The highest BCUT2D eigenvalue weighted by Gasteiger charge is 2.32. The lowest BCUT2D eigenvalue weighted by Crippen LogP contribution is -2.38. The smallest absolute Gasteiger partial charge is 0.246 e. The van der Waals surface area contributed by atoms with E-state index in [0.29, 0.717) is 48.3 Å². The summed E-state index contributed by atoms with van der Waals surface area (Å²) >= 11 is 0. The molecule has 0 aromatic carbocycles. The van der Waals surface area contributed by atoms with Gasteiger partial charge >= 0.3 is 0 Å². The monoisotopic (exact) mass is 338 g/mol. The molecule has 1 aromatic rings. The van der Waals surface area contributed by atoms with E-state index in [9.17, 15) is 8.42 Å². The van der Waals surface area contributed by atoms with Crippen LogP contribution in [0.5, 0.6) is 0 Å². The first-order chi connectivity index (χ1) is 10.9. The zero-order valence-corrected chi connectivity index (χ0v) is 15.1. The molecule has 6 nitrogen and oxygen atoms in total. The van der Waals surface area contributed by atoms with Gasteiger partial charge in [0.15, 0.2) is 0 Å². The normalized spacial score (nSPS) is 17.3. The lowest BCUT2D eigenvalue weighted by atomic mass is 10.0. The van der Waals surface area contributed by atoms with Crippen molar-refractivity contribution in [1.29, 1.82) is 5.26 Å². The molecule has 128 valence electrons. The summed E-state index contributed by atoms with van der Waals surface area (Å²) < 4.78 is 29.3. The van der Waals surface area contributed by atoms with Gasteiger partial charge in [0.05, 0.1) is 17.5 Å². The maximum Gasteiger partial charge on any atom is 0.246 e. The van der Waals surface area contributed by atoms with Crippen LogP contribution >= 0.6 is 0 Å². The highest BCUT2D eigenvalue weighted by Crippen LogP contribution is 2.27. The molecule has 1 aliphatic heterocycles. The number of aryl methyl sites for hydroxylation is 2. The molecular weight excluding hydrogens is 312 g/mol. The molecule has 0 radical (unpaired) electrons. The predicted octanol–water partition coefficient (Wildman–Crippen LogP) is 2.61. The van der Waals surface area contributed by atoms with Gasteiger partial charge in [-0.05, 0) is 45.4 Å². The van der Waals surface area contributed by atoms with Crippen LogP contribution in [-0.2, 0) is 16.6 Å². The Balaban J connectivity index is 2.18. The van der Waals surface area contributed by atoms with Crippen molar-refractivity contribution in [3.8, 4) is 6.07 Å². The second kappa shape index (κ2) is 7.45. The maximum absolute atomic E-state index is 13.0. The van der Waals surface area contributed by atoms with E-state index >= 15 is 0 Å². The van der Waals surface area contributed by atoms with Crippen molar-refractivity contribution in [2.24, 2.45) is 5.92 Å². The summed E-state index contributed by atoms with van der Waals surface area (Å²) in [7, 11) is -3.46. The Kier molecular flexibility index (Phi) is 5.82. The summed E-state index contributed by atoms with van der Waals surface area (Å²) in [6.07, 6.45) is 3.99. The molecule has 0 aliphatic carbocycles. The van der Waals surface area contributed by atoms with Crippen molar-refractivity contribution in [1.82, 2.24) is 14.1 Å². The molecule has 0 atom stereocenters. The highest BCUT2D eigenvalue weighted by atomic mass is 32.2.